The van der Waals surface area contributed by atoms with Gasteiger partial charge < -0.3 is 30.4 Å². The molecular formula is C32H38N4O7. The van der Waals surface area contributed by atoms with E-state index >= 15 is 0 Å². The first kappa shape index (κ1) is 31.3. The number of carbonyl (C=O) groups is 5. The van der Waals surface area contributed by atoms with Crippen molar-refractivity contribution in [2.24, 2.45) is 11.8 Å². The summed E-state index contributed by atoms with van der Waals surface area (Å²) in [5.41, 5.74) is 2.22. The van der Waals surface area contributed by atoms with Crippen molar-refractivity contribution in [3.8, 4) is 5.75 Å². The van der Waals surface area contributed by atoms with Crippen molar-refractivity contribution < 1.29 is 33.4 Å². The molecule has 3 amide bonds. The predicted molar refractivity (Wildman–Crippen MR) is 160 cm³/mol. The summed E-state index contributed by atoms with van der Waals surface area (Å²) < 4.78 is 10.6. The predicted octanol–water partition coefficient (Wildman–Crippen LogP) is 3.07. The van der Waals surface area contributed by atoms with Crippen LogP contribution in [0.4, 0.5) is 0 Å². The zero-order valence-corrected chi connectivity index (χ0v) is 24.8. The van der Waals surface area contributed by atoms with E-state index in [4.69, 9.17) is 9.47 Å². The topological polar surface area (TPSA) is 156 Å². The summed E-state index contributed by atoms with van der Waals surface area (Å²) in [5.74, 6) is -2.34. The fraction of sp³-hybridized carbons (Fsp3) is 0.406. The summed E-state index contributed by atoms with van der Waals surface area (Å²) in [4.78, 5) is 68.0. The van der Waals surface area contributed by atoms with Crippen LogP contribution < -0.4 is 20.7 Å². The first-order chi connectivity index (χ1) is 20.5. The van der Waals surface area contributed by atoms with Crippen LogP contribution in [0.3, 0.4) is 0 Å². The van der Waals surface area contributed by atoms with Gasteiger partial charge in [-0.3, -0.25) is 19.2 Å². The molecule has 0 saturated carbocycles. The van der Waals surface area contributed by atoms with Gasteiger partial charge in [-0.2, -0.15) is 0 Å². The maximum atomic E-state index is 13.6. The molecule has 11 nitrogen and oxygen atoms in total. The van der Waals surface area contributed by atoms with Crippen molar-refractivity contribution in [3.05, 3.63) is 65.4 Å². The number of ketones is 1. The molecule has 3 aromatic rings. The highest BCUT2D eigenvalue weighted by atomic mass is 16.5. The Morgan fingerprint density at radius 2 is 1.77 bits per heavy atom. The SMILES string of the molecule is COc1cccc2[nH]c(C(=O)N[C@H](CC(C)C)C(=O)N[C@H](CC3CCNC3=O)C(=O)COC(=O)c3ccc(C)cc3)cc12. The number of Topliss-reactive ketones (excluding diaryl/α,β-unsaturated/α-hetero) is 1. The Morgan fingerprint density at radius 1 is 1.02 bits per heavy atom. The number of benzene rings is 2. The Kier molecular flexibility index (Phi) is 10.2. The molecule has 0 aliphatic carbocycles. The molecule has 1 unspecified atom stereocenters. The van der Waals surface area contributed by atoms with Gasteiger partial charge in [0, 0.05) is 23.4 Å². The number of rotatable bonds is 13. The highest BCUT2D eigenvalue weighted by Gasteiger charge is 2.34. The number of hydrogen-bond donors (Lipinski definition) is 4. The van der Waals surface area contributed by atoms with Gasteiger partial charge in [-0.05, 0) is 62.4 Å². The molecule has 0 bridgehead atoms. The van der Waals surface area contributed by atoms with E-state index < -0.39 is 48.2 Å². The van der Waals surface area contributed by atoms with Crippen molar-refractivity contribution in [3.63, 3.8) is 0 Å². The van der Waals surface area contributed by atoms with Gasteiger partial charge in [0.2, 0.25) is 11.8 Å². The Morgan fingerprint density at radius 3 is 2.42 bits per heavy atom. The molecule has 2 heterocycles. The van der Waals surface area contributed by atoms with Gasteiger partial charge in [0.1, 0.15) is 17.5 Å². The Labute approximate surface area is 250 Å². The van der Waals surface area contributed by atoms with Gasteiger partial charge in [0.25, 0.3) is 5.91 Å². The zero-order chi connectivity index (χ0) is 31.1. The van der Waals surface area contributed by atoms with Crippen LogP contribution in [0.1, 0.15) is 59.5 Å². The van der Waals surface area contributed by atoms with E-state index in [0.717, 1.165) is 10.9 Å². The quantitative estimate of drug-likeness (QED) is 0.223. The molecule has 4 N–H and O–H groups in total. The lowest BCUT2D eigenvalue weighted by Gasteiger charge is -2.25. The molecule has 1 saturated heterocycles. The summed E-state index contributed by atoms with van der Waals surface area (Å²) in [7, 11) is 1.54. The minimum Gasteiger partial charge on any atom is -0.496 e. The summed E-state index contributed by atoms with van der Waals surface area (Å²) >= 11 is 0. The Balaban J connectivity index is 1.48. The van der Waals surface area contributed by atoms with Crippen LogP contribution in [0.15, 0.2) is 48.5 Å². The lowest BCUT2D eigenvalue weighted by atomic mass is 9.95. The number of ether oxygens (including phenoxy) is 2. The number of amides is 3. The highest BCUT2D eigenvalue weighted by molar-refractivity contribution is 6.02. The molecule has 228 valence electrons. The molecule has 1 aliphatic heterocycles. The molecule has 0 spiro atoms. The van der Waals surface area contributed by atoms with E-state index in [-0.39, 0.29) is 23.9 Å². The monoisotopic (exact) mass is 590 g/mol. The molecule has 1 aliphatic rings. The van der Waals surface area contributed by atoms with Crippen molar-refractivity contribution in [2.45, 2.75) is 52.1 Å². The first-order valence-electron chi connectivity index (χ1n) is 14.4. The maximum absolute atomic E-state index is 13.6. The van der Waals surface area contributed by atoms with E-state index in [1.807, 2.05) is 26.8 Å². The largest absolute Gasteiger partial charge is 0.496 e. The van der Waals surface area contributed by atoms with Gasteiger partial charge in [-0.25, -0.2) is 4.79 Å². The molecule has 1 aromatic heterocycles. The molecule has 2 aromatic carbocycles. The van der Waals surface area contributed by atoms with Crippen LogP contribution in [-0.2, 0) is 19.1 Å². The number of aryl methyl sites for hydroxylation is 1. The van der Waals surface area contributed by atoms with Crippen LogP contribution in [0.2, 0.25) is 0 Å². The van der Waals surface area contributed by atoms with Crippen LogP contribution in [0, 0.1) is 18.8 Å². The lowest BCUT2D eigenvalue weighted by molar-refractivity contribution is -0.131. The second kappa shape index (κ2) is 14.0. The lowest BCUT2D eigenvalue weighted by Crippen LogP contribution is -2.53. The average molecular weight is 591 g/mol. The molecule has 11 heteroatoms. The van der Waals surface area contributed by atoms with Crippen molar-refractivity contribution >= 4 is 40.4 Å². The van der Waals surface area contributed by atoms with Crippen LogP contribution >= 0.6 is 0 Å². The van der Waals surface area contributed by atoms with E-state index in [9.17, 15) is 24.0 Å². The van der Waals surface area contributed by atoms with Crippen LogP contribution in [0.25, 0.3) is 10.9 Å². The molecule has 1 fully saturated rings. The molecular weight excluding hydrogens is 552 g/mol. The second-order valence-electron chi connectivity index (χ2n) is 11.2. The molecule has 4 rings (SSSR count). The van der Waals surface area contributed by atoms with E-state index in [0.29, 0.717) is 36.2 Å². The highest BCUT2D eigenvalue weighted by Crippen LogP contribution is 2.26. The van der Waals surface area contributed by atoms with Gasteiger partial charge in [-0.1, -0.05) is 37.6 Å². The number of esters is 1. The molecule has 3 atom stereocenters. The number of carbonyl (C=O) groups excluding carboxylic acids is 5. The number of fused-ring (bicyclic) bond motifs is 1. The van der Waals surface area contributed by atoms with Crippen molar-refractivity contribution in [1.82, 2.24) is 20.9 Å². The van der Waals surface area contributed by atoms with Crippen molar-refractivity contribution in [1.29, 1.82) is 0 Å². The number of aromatic amines is 1. The van der Waals surface area contributed by atoms with Gasteiger partial charge in [0.05, 0.1) is 18.7 Å². The Hall–Kier alpha value is -4.67. The summed E-state index contributed by atoms with van der Waals surface area (Å²) in [6, 6.07) is 11.7. The summed E-state index contributed by atoms with van der Waals surface area (Å²) in [6.45, 7) is 5.61. The normalized spacial score (nSPS) is 15.9. The first-order valence-corrected chi connectivity index (χ1v) is 14.4. The third-order valence-electron chi connectivity index (χ3n) is 7.44. The average Bonchev–Trinajstić information content (AvgIpc) is 3.61. The maximum Gasteiger partial charge on any atom is 0.338 e. The van der Waals surface area contributed by atoms with E-state index in [2.05, 4.69) is 20.9 Å². The smallest absolute Gasteiger partial charge is 0.338 e. The number of aromatic nitrogens is 1. The third kappa shape index (κ3) is 8.00. The third-order valence-corrected chi connectivity index (χ3v) is 7.44. The van der Waals surface area contributed by atoms with Gasteiger partial charge >= 0.3 is 5.97 Å². The number of nitrogens with one attached hydrogen (secondary N) is 4. The van der Waals surface area contributed by atoms with Gasteiger partial charge in [0.15, 0.2) is 12.4 Å². The Bertz CT molecular complexity index is 1500. The second-order valence-corrected chi connectivity index (χ2v) is 11.2. The number of methoxy groups -OCH3 is 1. The summed E-state index contributed by atoms with van der Waals surface area (Å²) in [5, 5.41) is 8.99. The van der Waals surface area contributed by atoms with E-state index in [1.54, 1.807) is 49.6 Å². The molecule has 43 heavy (non-hydrogen) atoms. The fourth-order valence-electron chi connectivity index (χ4n) is 5.07. The van der Waals surface area contributed by atoms with Crippen LogP contribution in [0.5, 0.6) is 5.75 Å². The van der Waals surface area contributed by atoms with Gasteiger partial charge in [-0.15, -0.1) is 0 Å². The standard InChI is InChI=1S/C32H38N4O7/c1-18(2)14-25(36-31(40)26-16-22-23(34-26)6-5-7-28(22)42-4)30(39)35-24(15-21-12-13-33-29(21)38)27(37)17-43-32(41)20-10-8-19(3)9-11-20/h5-11,16,18,21,24-25,34H,12-15,17H2,1-4H3,(H,33,38)(H,35,39)(H,36,40)/t21?,24-,25-/m1/s1. The fourth-order valence-corrected chi connectivity index (χ4v) is 5.07. The van der Waals surface area contributed by atoms with Crippen LogP contribution in [-0.4, -0.2) is 66.8 Å². The minimum absolute atomic E-state index is 0.0316. The number of H-pyrrole nitrogens is 1. The van der Waals surface area contributed by atoms with E-state index in [1.165, 1.54) is 0 Å². The molecule has 0 radical (unpaired) electrons. The van der Waals surface area contributed by atoms with Crippen molar-refractivity contribution in [2.75, 3.05) is 20.3 Å². The zero-order valence-electron chi connectivity index (χ0n) is 24.8. The number of hydrogen-bond acceptors (Lipinski definition) is 7. The minimum atomic E-state index is -1.10. The summed E-state index contributed by atoms with van der Waals surface area (Å²) in [6.07, 6.45) is 0.856.